The molecule has 4 aromatic rings. The molecular formula is C20H24N8. The van der Waals surface area contributed by atoms with Gasteiger partial charge in [-0.25, -0.2) is 9.97 Å². The van der Waals surface area contributed by atoms with Crippen LogP contribution in [0.3, 0.4) is 0 Å². The molecule has 0 aromatic carbocycles. The molecule has 8 nitrogen and oxygen atoms in total. The lowest BCUT2D eigenvalue weighted by Gasteiger charge is -2.09. The molecule has 28 heavy (non-hydrogen) atoms. The van der Waals surface area contributed by atoms with Gasteiger partial charge >= 0.3 is 0 Å². The van der Waals surface area contributed by atoms with Crippen LogP contribution in [-0.2, 0) is 20.0 Å². The second kappa shape index (κ2) is 7.38. The molecule has 1 N–H and O–H groups in total. The molecule has 0 fully saturated rings. The normalized spacial score (nSPS) is 11.3. The van der Waals surface area contributed by atoms with Crippen LogP contribution in [0.15, 0.2) is 30.7 Å². The van der Waals surface area contributed by atoms with Crippen LogP contribution in [0.4, 0.5) is 5.82 Å². The van der Waals surface area contributed by atoms with Crippen molar-refractivity contribution in [3.8, 4) is 11.4 Å². The van der Waals surface area contributed by atoms with E-state index in [9.17, 15) is 0 Å². The number of hydrogen-bond donors (Lipinski definition) is 1. The molecule has 4 aromatic heterocycles. The molecule has 0 saturated carbocycles. The lowest BCUT2D eigenvalue weighted by molar-refractivity contribution is 0.633. The minimum Gasteiger partial charge on any atom is -0.369 e. The molecule has 0 bridgehead atoms. The van der Waals surface area contributed by atoms with Crippen molar-refractivity contribution in [3.63, 3.8) is 0 Å². The second-order valence-corrected chi connectivity index (χ2v) is 6.78. The molecule has 0 saturated heterocycles. The first-order chi connectivity index (χ1) is 13.6. The summed E-state index contributed by atoms with van der Waals surface area (Å²) < 4.78 is 3.82. The van der Waals surface area contributed by atoms with Gasteiger partial charge in [0.05, 0.1) is 17.3 Å². The van der Waals surface area contributed by atoms with Crippen LogP contribution >= 0.6 is 0 Å². The summed E-state index contributed by atoms with van der Waals surface area (Å²) in [6.07, 6.45) is 6.20. The Labute approximate surface area is 163 Å². The average molecular weight is 376 g/mol. The maximum absolute atomic E-state index is 4.75. The Kier molecular flexibility index (Phi) is 4.77. The molecule has 0 amide bonds. The Hall–Kier alpha value is -3.29. The summed E-state index contributed by atoms with van der Waals surface area (Å²) in [5.41, 5.74) is 5.28. The fourth-order valence-electron chi connectivity index (χ4n) is 3.49. The molecule has 144 valence electrons. The number of anilines is 1. The Morgan fingerprint density at radius 2 is 2.00 bits per heavy atom. The van der Waals surface area contributed by atoms with E-state index < -0.39 is 0 Å². The molecule has 0 atom stereocenters. The third-order valence-corrected chi connectivity index (χ3v) is 5.01. The minimum absolute atomic E-state index is 0.637. The van der Waals surface area contributed by atoms with Gasteiger partial charge in [-0.05, 0) is 44.9 Å². The predicted molar refractivity (Wildman–Crippen MR) is 109 cm³/mol. The van der Waals surface area contributed by atoms with E-state index in [1.54, 1.807) is 23.3 Å². The van der Waals surface area contributed by atoms with Gasteiger partial charge in [-0.15, -0.1) is 0 Å². The van der Waals surface area contributed by atoms with E-state index in [0.29, 0.717) is 5.82 Å². The standard InChI is InChI=1S/C20H24N8/c1-5-28-14(3)16(13(2)26-28)8-10-22-19-17-12-23-27(4)20(17)25-18(24-19)15-7-6-9-21-11-15/h6-7,9,11-12H,5,8,10H2,1-4H3,(H,22,24,25). The minimum atomic E-state index is 0.637. The Morgan fingerprint density at radius 1 is 1.14 bits per heavy atom. The van der Waals surface area contributed by atoms with Crippen LogP contribution in [0.1, 0.15) is 23.9 Å². The zero-order valence-electron chi connectivity index (χ0n) is 16.6. The summed E-state index contributed by atoms with van der Waals surface area (Å²) in [5.74, 6) is 1.42. The van der Waals surface area contributed by atoms with Gasteiger partial charge in [-0.2, -0.15) is 10.2 Å². The van der Waals surface area contributed by atoms with Crippen LogP contribution in [0.25, 0.3) is 22.4 Å². The molecule has 0 radical (unpaired) electrons. The van der Waals surface area contributed by atoms with Crippen molar-refractivity contribution in [2.45, 2.75) is 33.7 Å². The van der Waals surface area contributed by atoms with E-state index in [4.69, 9.17) is 4.98 Å². The maximum Gasteiger partial charge on any atom is 0.165 e. The van der Waals surface area contributed by atoms with Gasteiger partial charge in [0.25, 0.3) is 0 Å². The molecule has 0 aliphatic carbocycles. The third-order valence-electron chi connectivity index (χ3n) is 5.01. The van der Waals surface area contributed by atoms with Crippen molar-refractivity contribution in [1.29, 1.82) is 0 Å². The van der Waals surface area contributed by atoms with E-state index >= 15 is 0 Å². The van der Waals surface area contributed by atoms with E-state index in [1.807, 2.05) is 19.2 Å². The van der Waals surface area contributed by atoms with Crippen molar-refractivity contribution in [3.05, 3.63) is 47.7 Å². The average Bonchev–Trinajstić information content (AvgIpc) is 3.22. The van der Waals surface area contributed by atoms with Gasteiger partial charge in [0, 0.05) is 43.8 Å². The highest BCUT2D eigenvalue weighted by molar-refractivity contribution is 5.88. The zero-order valence-corrected chi connectivity index (χ0v) is 16.6. The third kappa shape index (κ3) is 3.21. The highest BCUT2D eigenvalue weighted by Crippen LogP contribution is 2.24. The van der Waals surface area contributed by atoms with E-state index in [2.05, 4.69) is 50.9 Å². The summed E-state index contributed by atoms with van der Waals surface area (Å²) in [6.45, 7) is 7.95. The molecular weight excluding hydrogens is 352 g/mol. The lowest BCUT2D eigenvalue weighted by atomic mass is 10.1. The van der Waals surface area contributed by atoms with Crippen LogP contribution in [0.2, 0.25) is 0 Å². The number of nitrogens with zero attached hydrogens (tertiary/aromatic N) is 7. The Balaban J connectivity index is 1.62. The van der Waals surface area contributed by atoms with Crippen LogP contribution < -0.4 is 5.32 Å². The highest BCUT2D eigenvalue weighted by atomic mass is 15.3. The number of nitrogens with one attached hydrogen (secondary N) is 1. The van der Waals surface area contributed by atoms with Gasteiger partial charge in [0.2, 0.25) is 0 Å². The van der Waals surface area contributed by atoms with Crippen LogP contribution in [-0.4, -0.2) is 41.1 Å². The van der Waals surface area contributed by atoms with Crippen LogP contribution in [0, 0.1) is 13.8 Å². The molecule has 0 aliphatic rings. The highest BCUT2D eigenvalue weighted by Gasteiger charge is 2.14. The predicted octanol–water partition coefficient (Wildman–Crippen LogP) is 2.91. The van der Waals surface area contributed by atoms with E-state index in [1.165, 1.54) is 11.3 Å². The summed E-state index contributed by atoms with van der Waals surface area (Å²) in [7, 11) is 1.89. The van der Waals surface area contributed by atoms with Gasteiger partial charge in [0.1, 0.15) is 5.82 Å². The first kappa shape index (κ1) is 18.1. The van der Waals surface area contributed by atoms with Crippen molar-refractivity contribution in [2.75, 3.05) is 11.9 Å². The quantitative estimate of drug-likeness (QED) is 0.557. The molecule has 0 aliphatic heterocycles. The summed E-state index contributed by atoms with van der Waals surface area (Å²) in [4.78, 5) is 13.6. The van der Waals surface area contributed by atoms with Gasteiger partial charge in [-0.1, -0.05) is 0 Å². The summed E-state index contributed by atoms with van der Waals surface area (Å²) >= 11 is 0. The van der Waals surface area contributed by atoms with Crippen molar-refractivity contribution in [2.24, 2.45) is 7.05 Å². The van der Waals surface area contributed by atoms with Crippen molar-refractivity contribution >= 4 is 16.9 Å². The van der Waals surface area contributed by atoms with E-state index in [0.717, 1.165) is 47.6 Å². The van der Waals surface area contributed by atoms with Gasteiger partial charge < -0.3 is 5.32 Å². The second-order valence-electron chi connectivity index (χ2n) is 6.78. The number of aryl methyl sites for hydroxylation is 3. The fourth-order valence-corrected chi connectivity index (χ4v) is 3.49. The Bertz CT molecular complexity index is 1110. The number of pyridine rings is 1. The first-order valence-electron chi connectivity index (χ1n) is 9.45. The molecule has 8 heteroatoms. The number of fused-ring (bicyclic) bond motifs is 1. The Morgan fingerprint density at radius 3 is 2.71 bits per heavy atom. The zero-order chi connectivity index (χ0) is 19.7. The topological polar surface area (TPSA) is 86.3 Å². The van der Waals surface area contributed by atoms with Crippen LogP contribution in [0.5, 0.6) is 0 Å². The lowest BCUT2D eigenvalue weighted by Crippen LogP contribution is -2.09. The fraction of sp³-hybridized carbons (Fsp3) is 0.350. The van der Waals surface area contributed by atoms with Crippen molar-refractivity contribution < 1.29 is 0 Å². The smallest absolute Gasteiger partial charge is 0.165 e. The largest absolute Gasteiger partial charge is 0.369 e. The van der Waals surface area contributed by atoms with Gasteiger partial charge in [0.15, 0.2) is 11.5 Å². The molecule has 4 heterocycles. The number of aromatic nitrogens is 7. The first-order valence-corrected chi connectivity index (χ1v) is 9.45. The number of rotatable bonds is 6. The number of hydrogen-bond acceptors (Lipinski definition) is 6. The van der Waals surface area contributed by atoms with Gasteiger partial charge in [-0.3, -0.25) is 14.3 Å². The summed E-state index contributed by atoms with van der Waals surface area (Å²) in [5, 5.41) is 13.3. The molecule has 0 spiro atoms. The molecule has 0 unspecified atom stereocenters. The van der Waals surface area contributed by atoms with Crippen molar-refractivity contribution in [1.82, 2.24) is 34.5 Å². The monoisotopic (exact) mass is 376 g/mol. The van der Waals surface area contributed by atoms with E-state index in [-0.39, 0.29) is 0 Å². The molecule has 4 rings (SSSR count). The summed E-state index contributed by atoms with van der Waals surface area (Å²) in [6, 6.07) is 3.84. The SMILES string of the molecule is CCn1nc(C)c(CCNc2nc(-c3cccnc3)nc3c2cnn3C)c1C. The maximum atomic E-state index is 4.75.